The molecule has 0 radical (unpaired) electrons. The normalized spacial score (nSPS) is 34.1. The van der Waals surface area contributed by atoms with E-state index in [1.165, 1.54) is 19.3 Å². The summed E-state index contributed by atoms with van der Waals surface area (Å²) in [6, 6.07) is 0. The van der Waals surface area contributed by atoms with Crippen molar-refractivity contribution in [1.82, 2.24) is 4.90 Å². The van der Waals surface area contributed by atoms with Crippen LogP contribution < -0.4 is 0 Å². The number of aliphatic hydroxyl groups is 1. The van der Waals surface area contributed by atoms with Crippen molar-refractivity contribution in [2.24, 2.45) is 5.92 Å². The summed E-state index contributed by atoms with van der Waals surface area (Å²) in [5, 5.41) is 9.63. The molecule has 0 bridgehead atoms. The van der Waals surface area contributed by atoms with Crippen LogP contribution in [0.25, 0.3) is 0 Å². The lowest BCUT2D eigenvalue weighted by Crippen LogP contribution is -2.41. The van der Waals surface area contributed by atoms with E-state index in [9.17, 15) is 5.11 Å². The fourth-order valence-corrected chi connectivity index (χ4v) is 1.85. The molecule has 1 aliphatic heterocycles. The fourth-order valence-electron chi connectivity index (χ4n) is 1.85. The van der Waals surface area contributed by atoms with Gasteiger partial charge in [-0.25, -0.2) is 0 Å². The Hall–Kier alpha value is -0.0800. The molecule has 0 aromatic carbocycles. The maximum absolute atomic E-state index is 9.63. The average Bonchev–Trinajstić information content (AvgIpc) is 1.95. The second-order valence-corrected chi connectivity index (χ2v) is 3.67. The van der Waals surface area contributed by atoms with Gasteiger partial charge in [0, 0.05) is 6.54 Å². The molecule has 0 aromatic rings. The predicted octanol–water partition coefficient (Wildman–Crippen LogP) is 1.10. The molecule has 0 aromatic heterocycles. The van der Waals surface area contributed by atoms with Crippen LogP contribution in [0.3, 0.4) is 0 Å². The molecular formula is C9H19NO. The van der Waals surface area contributed by atoms with Gasteiger partial charge in [0.1, 0.15) is 0 Å². The number of likely N-dealkylation sites (N-methyl/N-ethyl adjacent to an activating group) is 1. The van der Waals surface area contributed by atoms with Gasteiger partial charge in [0.2, 0.25) is 0 Å². The summed E-state index contributed by atoms with van der Waals surface area (Å²) in [5.41, 5.74) is 0. The van der Waals surface area contributed by atoms with Crippen LogP contribution in [0, 0.1) is 5.92 Å². The zero-order valence-electron chi connectivity index (χ0n) is 7.58. The summed E-state index contributed by atoms with van der Waals surface area (Å²) in [5.74, 6) is 0.566. The molecule has 1 aliphatic rings. The summed E-state index contributed by atoms with van der Waals surface area (Å²) >= 11 is 0. The third-order valence-electron chi connectivity index (χ3n) is 2.58. The van der Waals surface area contributed by atoms with Gasteiger partial charge in [0.15, 0.2) is 0 Å². The standard InChI is InChI=1S/C9H19NO/c1-3-4-8-5-6-10(2)7-9(8)11/h8-9,11H,3-7H2,1-2H3/t8?,9-/m1/s1. The first-order valence-corrected chi connectivity index (χ1v) is 4.60. The third kappa shape index (κ3) is 2.46. The van der Waals surface area contributed by atoms with Crippen molar-refractivity contribution >= 4 is 0 Å². The minimum Gasteiger partial charge on any atom is -0.392 e. The Kier molecular flexibility index (Phi) is 3.34. The third-order valence-corrected chi connectivity index (χ3v) is 2.58. The number of aliphatic hydroxyl groups excluding tert-OH is 1. The number of piperidine rings is 1. The molecule has 1 fully saturated rings. The van der Waals surface area contributed by atoms with Gasteiger partial charge in [-0.15, -0.1) is 0 Å². The number of β-amino-alcohol motifs (C(OH)–C–C–N with tert-alkyl or cyclic N) is 1. The first-order valence-electron chi connectivity index (χ1n) is 4.60. The van der Waals surface area contributed by atoms with E-state index < -0.39 is 0 Å². The lowest BCUT2D eigenvalue weighted by atomic mass is 9.90. The topological polar surface area (TPSA) is 23.5 Å². The van der Waals surface area contributed by atoms with Crippen LogP contribution in [0.15, 0.2) is 0 Å². The Balaban J connectivity index is 2.31. The van der Waals surface area contributed by atoms with E-state index in [1.807, 2.05) is 0 Å². The van der Waals surface area contributed by atoms with Crippen molar-refractivity contribution in [3.63, 3.8) is 0 Å². The number of rotatable bonds is 2. The monoisotopic (exact) mass is 157 g/mol. The molecule has 2 nitrogen and oxygen atoms in total. The van der Waals surface area contributed by atoms with E-state index in [0.29, 0.717) is 5.92 Å². The van der Waals surface area contributed by atoms with Crippen molar-refractivity contribution < 1.29 is 5.11 Å². The van der Waals surface area contributed by atoms with Crippen LogP contribution in [0.1, 0.15) is 26.2 Å². The van der Waals surface area contributed by atoms with E-state index in [0.717, 1.165) is 13.1 Å². The number of hydrogen-bond acceptors (Lipinski definition) is 2. The Bertz CT molecular complexity index is 116. The highest BCUT2D eigenvalue weighted by Crippen LogP contribution is 2.21. The smallest absolute Gasteiger partial charge is 0.0695 e. The van der Waals surface area contributed by atoms with Crippen LogP contribution in [0.2, 0.25) is 0 Å². The summed E-state index contributed by atoms with van der Waals surface area (Å²) in [6.07, 6.45) is 3.49. The van der Waals surface area contributed by atoms with Gasteiger partial charge in [-0.05, 0) is 32.4 Å². The predicted molar refractivity (Wildman–Crippen MR) is 46.5 cm³/mol. The van der Waals surface area contributed by atoms with E-state index in [2.05, 4.69) is 18.9 Å². The second kappa shape index (κ2) is 4.07. The van der Waals surface area contributed by atoms with Crippen LogP contribution in [0.4, 0.5) is 0 Å². The van der Waals surface area contributed by atoms with Crippen LogP contribution in [-0.4, -0.2) is 36.2 Å². The van der Waals surface area contributed by atoms with Gasteiger partial charge >= 0.3 is 0 Å². The van der Waals surface area contributed by atoms with Gasteiger partial charge in [0.25, 0.3) is 0 Å². The maximum Gasteiger partial charge on any atom is 0.0695 e. The summed E-state index contributed by atoms with van der Waals surface area (Å²) in [7, 11) is 2.07. The molecule has 0 aliphatic carbocycles. The van der Waals surface area contributed by atoms with Crippen molar-refractivity contribution in [3.8, 4) is 0 Å². The van der Waals surface area contributed by atoms with E-state index in [1.54, 1.807) is 0 Å². The van der Waals surface area contributed by atoms with Crippen molar-refractivity contribution in [3.05, 3.63) is 0 Å². The van der Waals surface area contributed by atoms with Crippen LogP contribution >= 0.6 is 0 Å². The molecule has 0 saturated carbocycles. The molecule has 2 atom stereocenters. The van der Waals surface area contributed by atoms with Crippen molar-refractivity contribution in [2.45, 2.75) is 32.3 Å². The molecule has 0 spiro atoms. The molecule has 1 heterocycles. The lowest BCUT2D eigenvalue weighted by molar-refractivity contribution is 0.0285. The highest BCUT2D eigenvalue weighted by Gasteiger charge is 2.24. The minimum absolute atomic E-state index is 0.0753. The van der Waals surface area contributed by atoms with Gasteiger partial charge in [-0.2, -0.15) is 0 Å². The van der Waals surface area contributed by atoms with Crippen LogP contribution in [0.5, 0.6) is 0 Å². The zero-order valence-corrected chi connectivity index (χ0v) is 7.58. The Morgan fingerprint density at radius 1 is 1.55 bits per heavy atom. The molecule has 1 N–H and O–H groups in total. The lowest BCUT2D eigenvalue weighted by Gasteiger charge is -2.33. The molecule has 0 amide bonds. The summed E-state index contributed by atoms with van der Waals surface area (Å²) in [6.45, 7) is 4.21. The average molecular weight is 157 g/mol. The highest BCUT2D eigenvalue weighted by molar-refractivity contribution is 4.77. The maximum atomic E-state index is 9.63. The quantitative estimate of drug-likeness (QED) is 0.649. The number of hydrogen-bond donors (Lipinski definition) is 1. The first kappa shape index (κ1) is 9.01. The van der Waals surface area contributed by atoms with Crippen molar-refractivity contribution in [1.29, 1.82) is 0 Å². The molecule has 2 heteroatoms. The van der Waals surface area contributed by atoms with Crippen LogP contribution in [-0.2, 0) is 0 Å². The molecule has 11 heavy (non-hydrogen) atoms. The minimum atomic E-state index is -0.0753. The second-order valence-electron chi connectivity index (χ2n) is 3.67. The number of nitrogens with zero attached hydrogens (tertiary/aromatic N) is 1. The number of likely N-dealkylation sites (tertiary alicyclic amines) is 1. The van der Waals surface area contributed by atoms with Crippen molar-refractivity contribution in [2.75, 3.05) is 20.1 Å². The fraction of sp³-hybridized carbons (Fsp3) is 1.00. The first-order chi connectivity index (χ1) is 5.24. The summed E-state index contributed by atoms with van der Waals surface area (Å²) in [4.78, 5) is 2.21. The molecule has 1 rings (SSSR count). The highest BCUT2D eigenvalue weighted by atomic mass is 16.3. The van der Waals surface area contributed by atoms with E-state index in [-0.39, 0.29) is 6.10 Å². The molecular weight excluding hydrogens is 138 g/mol. The van der Waals surface area contributed by atoms with Gasteiger partial charge in [0.05, 0.1) is 6.10 Å². The molecule has 66 valence electrons. The SMILES string of the molecule is CCCC1CCN(C)C[C@H]1O. The Morgan fingerprint density at radius 2 is 2.27 bits per heavy atom. The molecule has 1 saturated heterocycles. The zero-order chi connectivity index (χ0) is 8.27. The van der Waals surface area contributed by atoms with Gasteiger partial charge < -0.3 is 10.0 Å². The summed E-state index contributed by atoms with van der Waals surface area (Å²) < 4.78 is 0. The molecule has 1 unspecified atom stereocenters. The Labute approximate surface area is 69.2 Å². The van der Waals surface area contributed by atoms with Gasteiger partial charge in [-0.1, -0.05) is 13.3 Å². The van der Waals surface area contributed by atoms with E-state index >= 15 is 0 Å². The van der Waals surface area contributed by atoms with E-state index in [4.69, 9.17) is 0 Å². The largest absolute Gasteiger partial charge is 0.392 e. The Morgan fingerprint density at radius 3 is 2.82 bits per heavy atom. The van der Waals surface area contributed by atoms with Gasteiger partial charge in [-0.3, -0.25) is 0 Å².